The van der Waals surface area contributed by atoms with Crippen molar-refractivity contribution in [2.75, 3.05) is 11.6 Å². The summed E-state index contributed by atoms with van der Waals surface area (Å²) >= 11 is 1.55. The summed E-state index contributed by atoms with van der Waals surface area (Å²) in [5, 5.41) is 13.7. The van der Waals surface area contributed by atoms with Crippen LogP contribution in [0.4, 0.5) is 5.82 Å². The zero-order valence-corrected chi connectivity index (χ0v) is 11.1. The van der Waals surface area contributed by atoms with Gasteiger partial charge in [0.25, 0.3) is 0 Å². The van der Waals surface area contributed by atoms with Crippen LogP contribution in [0, 0.1) is 6.92 Å². The molecule has 0 aromatic carbocycles. The first-order valence-corrected chi connectivity index (χ1v) is 7.23. The van der Waals surface area contributed by atoms with Gasteiger partial charge >= 0.3 is 0 Å². The van der Waals surface area contributed by atoms with E-state index in [-0.39, 0.29) is 6.10 Å². The minimum Gasteiger partial charge on any atom is -0.393 e. The van der Waals surface area contributed by atoms with Crippen LogP contribution in [0.15, 0.2) is 11.4 Å². The van der Waals surface area contributed by atoms with E-state index in [0.29, 0.717) is 6.04 Å². The molecule has 1 heterocycles. The van der Waals surface area contributed by atoms with Gasteiger partial charge in [-0.15, -0.1) is 0 Å². The van der Waals surface area contributed by atoms with E-state index in [1.807, 2.05) is 19.4 Å². The quantitative estimate of drug-likeness (QED) is 0.639. The highest BCUT2D eigenvalue weighted by atomic mass is 32.2. The first-order chi connectivity index (χ1) is 8.19. The Morgan fingerprint density at radius 3 is 2.71 bits per heavy atom. The van der Waals surface area contributed by atoms with Crippen LogP contribution in [0.1, 0.15) is 31.2 Å². The van der Waals surface area contributed by atoms with Gasteiger partial charge in [-0.3, -0.25) is 0 Å². The smallest absolute Gasteiger partial charge is 0.189 e. The van der Waals surface area contributed by atoms with Gasteiger partial charge in [-0.05, 0) is 38.9 Å². The van der Waals surface area contributed by atoms with E-state index in [1.165, 1.54) is 0 Å². The van der Waals surface area contributed by atoms with E-state index in [4.69, 9.17) is 0 Å². The van der Waals surface area contributed by atoms with Crippen LogP contribution in [0.3, 0.4) is 0 Å². The van der Waals surface area contributed by atoms with Gasteiger partial charge in [-0.25, -0.2) is 9.97 Å². The number of thioether (sulfide) groups is 1. The maximum Gasteiger partial charge on any atom is 0.189 e. The maximum absolute atomic E-state index is 9.47. The number of hydrogen-bond acceptors (Lipinski definition) is 5. The maximum atomic E-state index is 9.47. The molecule has 17 heavy (non-hydrogen) atoms. The van der Waals surface area contributed by atoms with Crippen molar-refractivity contribution >= 4 is 17.6 Å². The first kappa shape index (κ1) is 12.6. The molecular formula is C12H19N3OS. The number of rotatable bonds is 3. The van der Waals surface area contributed by atoms with Crippen LogP contribution in [0.2, 0.25) is 0 Å². The normalized spacial score (nSPS) is 24.6. The molecule has 0 spiro atoms. The molecule has 0 bridgehead atoms. The number of anilines is 1. The first-order valence-electron chi connectivity index (χ1n) is 6.01. The molecule has 0 amide bonds. The molecule has 94 valence electrons. The van der Waals surface area contributed by atoms with Crippen LogP contribution in [0.5, 0.6) is 0 Å². The predicted molar refractivity (Wildman–Crippen MR) is 70.4 cm³/mol. The Bertz CT molecular complexity index is 378. The summed E-state index contributed by atoms with van der Waals surface area (Å²) in [6, 6.07) is 0.432. The molecule has 2 rings (SSSR count). The number of aliphatic hydroxyl groups excluding tert-OH is 1. The van der Waals surface area contributed by atoms with E-state index in [2.05, 4.69) is 15.3 Å². The van der Waals surface area contributed by atoms with Gasteiger partial charge in [0.05, 0.1) is 6.10 Å². The van der Waals surface area contributed by atoms with Crippen molar-refractivity contribution in [3.8, 4) is 0 Å². The Morgan fingerprint density at radius 2 is 2.06 bits per heavy atom. The van der Waals surface area contributed by atoms with Gasteiger partial charge in [0, 0.05) is 17.8 Å². The Hall–Kier alpha value is -0.810. The lowest BCUT2D eigenvalue weighted by Crippen LogP contribution is -2.28. The number of nitrogens with one attached hydrogen (secondary N) is 1. The number of nitrogens with zero attached hydrogens (tertiary/aromatic N) is 2. The fourth-order valence-corrected chi connectivity index (χ4v) is 2.42. The molecule has 0 atom stereocenters. The lowest BCUT2D eigenvalue weighted by Gasteiger charge is -2.27. The van der Waals surface area contributed by atoms with Crippen molar-refractivity contribution in [1.82, 2.24) is 9.97 Å². The van der Waals surface area contributed by atoms with Gasteiger partial charge in [-0.2, -0.15) is 0 Å². The van der Waals surface area contributed by atoms with Gasteiger partial charge in [0.2, 0.25) is 0 Å². The highest BCUT2D eigenvalue weighted by Gasteiger charge is 2.20. The molecule has 1 saturated carbocycles. The SMILES string of the molecule is CSc1ncc(C)c(NC2CCC(O)CC2)n1. The summed E-state index contributed by atoms with van der Waals surface area (Å²) in [6.45, 7) is 2.02. The van der Waals surface area contributed by atoms with E-state index >= 15 is 0 Å². The second kappa shape index (κ2) is 5.69. The molecule has 4 nitrogen and oxygen atoms in total. The van der Waals surface area contributed by atoms with Gasteiger partial charge < -0.3 is 10.4 Å². The largest absolute Gasteiger partial charge is 0.393 e. The molecule has 0 radical (unpaired) electrons. The summed E-state index contributed by atoms with van der Waals surface area (Å²) < 4.78 is 0. The lowest BCUT2D eigenvalue weighted by atomic mass is 9.93. The Kier molecular flexibility index (Phi) is 4.23. The third-order valence-electron chi connectivity index (χ3n) is 3.17. The number of aromatic nitrogens is 2. The molecular weight excluding hydrogens is 234 g/mol. The Balaban J connectivity index is 2.02. The van der Waals surface area contributed by atoms with Crippen molar-refractivity contribution < 1.29 is 5.11 Å². The van der Waals surface area contributed by atoms with Gasteiger partial charge in [-0.1, -0.05) is 11.8 Å². The molecule has 0 unspecified atom stereocenters. The molecule has 0 saturated heterocycles. The molecule has 5 heteroatoms. The fourth-order valence-electron chi connectivity index (χ4n) is 2.08. The Morgan fingerprint density at radius 1 is 1.35 bits per heavy atom. The lowest BCUT2D eigenvalue weighted by molar-refractivity contribution is 0.126. The fraction of sp³-hybridized carbons (Fsp3) is 0.667. The summed E-state index contributed by atoms with van der Waals surface area (Å²) in [5.74, 6) is 0.936. The average molecular weight is 253 g/mol. The second-order valence-electron chi connectivity index (χ2n) is 4.54. The Labute approximate surface area is 106 Å². The van der Waals surface area contributed by atoms with Crippen molar-refractivity contribution in [2.45, 2.75) is 49.9 Å². The van der Waals surface area contributed by atoms with Gasteiger partial charge in [0.15, 0.2) is 5.16 Å². The second-order valence-corrected chi connectivity index (χ2v) is 5.31. The molecule has 1 fully saturated rings. The van der Waals surface area contributed by atoms with Crippen molar-refractivity contribution in [2.24, 2.45) is 0 Å². The summed E-state index contributed by atoms with van der Waals surface area (Å²) in [4.78, 5) is 8.72. The molecule has 1 aliphatic carbocycles. The van der Waals surface area contributed by atoms with Crippen LogP contribution >= 0.6 is 11.8 Å². The predicted octanol–water partition coefficient (Wildman–Crippen LogP) is 2.22. The monoisotopic (exact) mass is 253 g/mol. The third-order valence-corrected chi connectivity index (χ3v) is 3.73. The zero-order valence-electron chi connectivity index (χ0n) is 10.3. The number of aliphatic hydroxyl groups is 1. The van der Waals surface area contributed by atoms with E-state index in [1.54, 1.807) is 11.8 Å². The average Bonchev–Trinajstić information content (AvgIpc) is 2.35. The topological polar surface area (TPSA) is 58.0 Å². The van der Waals surface area contributed by atoms with Crippen molar-refractivity contribution in [3.05, 3.63) is 11.8 Å². The van der Waals surface area contributed by atoms with Crippen LogP contribution < -0.4 is 5.32 Å². The molecule has 1 aromatic rings. The van der Waals surface area contributed by atoms with E-state index in [0.717, 1.165) is 42.2 Å². The minimum atomic E-state index is -0.110. The van der Waals surface area contributed by atoms with Crippen molar-refractivity contribution in [3.63, 3.8) is 0 Å². The summed E-state index contributed by atoms with van der Waals surface area (Å²) in [6.07, 6.45) is 7.53. The minimum absolute atomic E-state index is 0.110. The van der Waals surface area contributed by atoms with E-state index < -0.39 is 0 Å². The zero-order chi connectivity index (χ0) is 12.3. The van der Waals surface area contributed by atoms with Crippen LogP contribution in [0.25, 0.3) is 0 Å². The molecule has 1 aromatic heterocycles. The highest BCUT2D eigenvalue weighted by molar-refractivity contribution is 7.98. The summed E-state index contributed by atoms with van der Waals surface area (Å²) in [7, 11) is 0. The molecule has 2 N–H and O–H groups in total. The third kappa shape index (κ3) is 3.33. The van der Waals surface area contributed by atoms with Crippen molar-refractivity contribution in [1.29, 1.82) is 0 Å². The number of aryl methyl sites for hydroxylation is 1. The van der Waals surface area contributed by atoms with Gasteiger partial charge in [0.1, 0.15) is 5.82 Å². The highest BCUT2D eigenvalue weighted by Crippen LogP contribution is 2.23. The summed E-state index contributed by atoms with van der Waals surface area (Å²) in [5.41, 5.74) is 1.08. The number of hydrogen-bond donors (Lipinski definition) is 2. The van der Waals surface area contributed by atoms with E-state index in [9.17, 15) is 5.11 Å². The standard InChI is InChI=1S/C12H19N3OS/c1-8-7-13-12(17-2)15-11(8)14-9-3-5-10(16)6-4-9/h7,9-10,16H,3-6H2,1-2H3,(H,13,14,15). The van der Waals surface area contributed by atoms with Crippen LogP contribution in [-0.4, -0.2) is 33.5 Å². The molecule has 1 aliphatic rings. The van der Waals surface area contributed by atoms with Crippen LogP contribution in [-0.2, 0) is 0 Å². The molecule has 0 aliphatic heterocycles.